The molecule has 3 aromatic rings. The van der Waals surface area contributed by atoms with Crippen molar-refractivity contribution in [2.24, 2.45) is 0 Å². The predicted molar refractivity (Wildman–Crippen MR) is 94.4 cm³/mol. The van der Waals surface area contributed by atoms with E-state index >= 15 is 0 Å². The van der Waals surface area contributed by atoms with E-state index < -0.39 is 0 Å². The average molecular weight is 341 g/mol. The topological polar surface area (TPSA) is 56.1 Å². The molecule has 2 heterocycles. The van der Waals surface area contributed by atoms with Crippen LogP contribution in [0.25, 0.3) is 0 Å². The summed E-state index contributed by atoms with van der Waals surface area (Å²) >= 11 is 1.65. The summed E-state index contributed by atoms with van der Waals surface area (Å²) < 4.78 is 7.44. The van der Waals surface area contributed by atoms with Crippen LogP contribution in [-0.4, -0.2) is 28.8 Å². The number of aromatic nitrogens is 2. The van der Waals surface area contributed by atoms with E-state index in [1.54, 1.807) is 17.5 Å². The van der Waals surface area contributed by atoms with Gasteiger partial charge in [-0.15, -0.1) is 11.3 Å². The normalized spacial score (nSPS) is 11.9. The zero-order chi connectivity index (χ0) is 16.8. The van der Waals surface area contributed by atoms with Crippen LogP contribution in [0.3, 0.4) is 0 Å². The van der Waals surface area contributed by atoms with E-state index in [9.17, 15) is 4.79 Å². The molecule has 0 saturated carbocycles. The second kappa shape index (κ2) is 7.79. The lowest BCUT2D eigenvalue weighted by atomic mass is 10.2. The Morgan fingerprint density at radius 2 is 2.17 bits per heavy atom. The molecule has 1 unspecified atom stereocenters. The molecule has 1 amide bonds. The number of benzene rings is 1. The molecule has 1 atom stereocenters. The van der Waals surface area contributed by atoms with Crippen molar-refractivity contribution in [3.05, 3.63) is 70.7 Å². The summed E-state index contributed by atoms with van der Waals surface area (Å²) in [4.78, 5) is 13.3. The number of nitrogens with one attached hydrogen (secondary N) is 1. The third-order valence-electron chi connectivity index (χ3n) is 3.66. The maximum atomic E-state index is 12.1. The molecule has 0 aliphatic heterocycles. The first-order chi connectivity index (χ1) is 11.7. The first-order valence-electron chi connectivity index (χ1n) is 7.71. The van der Waals surface area contributed by atoms with Crippen LogP contribution in [0, 0.1) is 6.92 Å². The zero-order valence-corrected chi connectivity index (χ0v) is 14.2. The molecule has 0 spiro atoms. The Kier molecular flexibility index (Phi) is 5.28. The molecule has 5 nitrogen and oxygen atoms in total. The summed E-state index contributed by atoms with van der Waals surface area (Å²) in [6.45, 7) is 2.43. The molecule has 24 heavy (non-hydrogen) atoms. The number of hydrogen-bond acceptors (Lipinski definition) is 4. The Morgan fingerprint density at radius 3 is 2.88 bits per heavy atom. The summed E-state index contributed by atoms with van der Waals surface area (Å²) in [5.41, 5.74) is 1.01. The number of para-hydroxylation sites is 1. The highest BCUT2D eigenvalue weighted by Gasteiger charge is 2.16. The number of ether oxygens (including phenoxy) is 1. The number of hydrogen-bond donors (Lipinski definition) is 1. The molecule has 0 saturated heterocycles. The van der Waals surface area contributed by atoms with Crippen LogP contribution in [0.5, 0.6) is 5.75 Å². The number of amides is 1. The van der Waals surface area contributed by atoms with E-state index in [0.29, 0.717) is 6.54 Å². The molecule has 2 aromatic heterocycles. The molecular formula is C18H19N3O2S. The van der Waals surface area contributed by atoms with Gasteiger partial charge in [0.2, 0.25) is 0 Å². The lowest BCUT2D eigenvalue weighted by Crippen LogP contribution is -2.34. The van der Waals surface area contributed by atoms with Crippen LogP contribution >= 0.6 is 11.3 Å². The first-order valence-corrected chi connectivity index (χ1v) is 8.59. The molecule has 6 heteroatoms. The van der Waals surface area contributed by atoms with Crippen LogP contribution in [0.4, 0.5) is 0 Å². The van der Waals surface area contributed by atoms with Gasteiger partial charge in [-0.05, 0) is 36.1 Å². The second-order valence-electron chi connectivity index (χ2n) is 5.38. The molecular weight excluding hydrogens is 322 g/mol. The largest absolute Gasteiger partial charge is 0.484 e. The van der Waals surface area contributed by atoms with E-state index in [-0.39, 0.29) is 18.6 Å². The first kappa shape index (κ1) is 16.3. The van der Waals surface area contributed by atoms with Gasteiger partial charge in [0.15, 0.2) is 6.61 Å². The van der Waals surface area contributed by atoms with Crippen LogP contribution in [-0.2, 0) is 4.79 Å². The van der Waals surface area contributed by atoms with Gasteiger partial charge in [-0.2, -0.15) is 5.10 Å². The average Bonchev–Trinajstić information content (AvgIpc) is 3.28. The van der Waals surface area contributed by atoms with E-state index in [1.165, 1.54) is 0 Å². The number of thiophene rings is 1. The van der Waals surface area contributed by atoms with Crippen molar-refractivity contribution in [1.29, 1.82) is 0 Å². The van der Waals surface area contributed by atoms with Gasteiger partial charge in [0.1, 0.15) is 11.8 Å². The smallest absolute Gasteiger partial charge is 0.258 e. The number of rotatable bonds is 7. The Hall–Kier alpha value is -2.60. The van der Waals surface area contributed by atoms with Gasteiger partial charge in [-0.3, -0.25) is 9.48 Å². The van der Waals surface area contributed by atoms with Crippen LogP contribution in [0.2, 0.25) is 0 Å². The van der Waals surface area contributed by atoms with E-state index in [0.717, 1.165) is 16.2 Å². The van der Waals surface area contributed by atoms with Crippen LogP contribution in [0.1, 0.15) is 16.5 Å². The van der Waals surface area contributed by atoms with Crippen molar-refractivity contribution in [1.82, 2.24) is 15.1 Å². The molecule has 0 aliphatic rings. The van der Waals surface area contributed by atoms with Crippen molar-refractivity contribution in [3.63, 3.8) is 0 Å². The van der Waals surface area contributed by atoms with Crippen LogP contribution in [0.15, 0.2) is 60.2 Å². The molecule has 0 aliphatic carbocycles. The van der Waals surface area contributed by atoms with Gasteiger partial charge >= 0.3 is 0 Å². The lowest BCUT2D eigenvalue weighted by molar-refractivity contribution is -0.123. The Labute approximate surface area is 144 Å². The zero-order valence-electron chi connectivity index (χ0n) is 13.4. The number of aryl methyl sites for hydroxylation is 1. The molecule has 0 radical (unpaired) electrons. The number of carbonyl (C=O) groups excluding carboxylic acids is 1. The van der Waals surface area contributed by atoms with E-state index in [4.69, 9.17) is 4.74 Å². The Bertz CT molecular complexity index is 735. The molecule has 124 valence electrons. The SMILES string of the molecule is Cc1ccccc1OCC(=O)NCC(c1cccs1)n1cccn1. The summed E-state index contributed by atoms with van der Waals surface area (Å²) in [6.07, 6.45) is 3.64. The monoisotopic (exact) mass is 341 g/mol. The van der Waals surface area contributed by atoms with Crippen molar-refractivity contribution < 1.29 is 9.53 Å². The Balaban J connectivity index is 1.57. The van der Waals surface area contributed by atoms with E-state index in [2.05, 4.69) is 10.4 Å². The Morgan fingerprint density at radius 1 is 1.29 bits per heavy atom. The van der Waals surface area contributed by atoms with Gasteiger partial charge in [0.25, 0.3) is 5.91 Å². The lowest BCUT2D eigenvalue weighted by Gasteiger charge is -2.17. The second-order valence-corrected chi connectivity index (χ2v) is 6.35. The summed E-state index contributed by atoms with van der Waals surface area (Å²) in [6, 6.07) is 13.6. The molecule has 1 aromatic carbocycles. The molecule has 3 rings (SSSR count). The third kappa shape index (κ3) is 4.02. The van der Waals surface area contributed by atoms with Gasteiger partial charge in [0, 0.05) is 23.8 Å². The van der Waals surface area contributed by atoms with Gasteiger partial charge in [-0.1, -0.05) is 24.3 Å². The number of nitrogens with zero attached hydrogens (tertiary/aromatic N) is 2. The minimum atomic E-state index is -0.146. The van der Waals surface area contributed by atoms with Gasteiger partial charge in [-0.25, -0.2) is 0 Å². The number of carbonyl (C=O) groups is 1. The highest BCUT2D eigenvalue weighted by Crippen LogP contribution is 2.22. The van der Waals surface area contributed by atoms with E-state index in [1.807, 2.05) is 65.6 Å². The van der Waals surface area contributed by atoms with Crippen molar-refractivity contribution in [2.75, 3.05) is 13.2 Å². The fourth-order valence-corrected chi connectivity index (χ4v) is 3.21. The van der Waals surface area contributed by atoms with Crippen molar-refractivity contribution in [3.8, 4) is 5.75 Å². The van der Waals surface area contributed by atoms with Crippen LogP contribution < -0.4 is 10.1 Å². The molecule has 0 fully saturated rings. The highest BCUT2D eigenvalue weighted by molar-refractivity contribution is 7.10. The maximum Gasteiger partial charge on any atom is 0.258 e. The van der Waals surface area contributed by atoms with Gasteiger partial charge in [0.05, 0.1) is 0 Å². The van der Waals surface area contributed by atoms with Crippen molar-refractivity contribution in [2.45, 2.75) is 13.0 Å². The fourth-order valence-electron chi connectivity index (χ4n) is 2.39. The minimum Gasteiger partial charge on any atom is -0.484 e. The summed E-state index contributed by atoms with van der Waals surface area (Å²) in [5.74, 6) is 0.585. The summed E-state index contributed by atoms with van der Waals surface area (Å²) in [7, 11) is 0. The standard InChI is InChI=1S/C18H19N3O2S/c1-14-6-2-3-7-16(14)23-13-18(22)19-12-15(17-8-4-11-24-17)21-10-5-9-20-21/h2-11,15H,12-13H2,1H3,(H,19,22). The van der Waals surface area contributed by atoms with Gasteiger partial charge < -0.3 is 10.1 Å². The summed E-state index contributed by atoms with van der Waals surface area (Å²) in [5, 5.41) is 9.25. The quantitative estimate of drug-likeness (QED) is 0.719. The maximum absolute atomic E-state index is 12.1. The van der Waals surface area contributed by atoms with Crippen molar-refractivity contribution >= 4 is 17.2 Å². The predicted octanol–water partition coefficient (Wildman–Crippen LogP) is 3.04. The minimum absolute atomic E-state index is 0.00111. The molecule has 1 N–H and O–H groups in total. The fraction of sp³-hybridized carbons (Fsp3) is 0.222. The highest BCUT2D eigenvalue weighted by atomic mass is 32.1. The third-order valence-corrected chi connectivity index (χ3v) is 4.63. The molecule has 0 bridgehead atoms.